The molecule has 2 aliphatic carbocycles. The van der Waals surface area contributed by atoms with E-state index in [-0.39, 0.29) is 18.1 Å². The third kappa shape index (κ3) is 2.10. The first-order valence-electron chi connectivity index (χ1n) is 7.15. The van der Waals surface area contributed by atoms with E-state index in [4.69, 9.17) is 0 Å². The molecule has 3 fully saturated rings. The number of hydrogen-bond acceptors (Lipinski definition) is 3. The molecule has 1 N–H and O–H groups in total. The molecule has 0 radical (unpaired) electrons. The predicted molar refractivity (Wildman–Crippen MR) is 69.6 cm³/mol. The third-order valence-electron chi connectivity index (χ3n) is 5.27. The second-order valence-electron chi connectivity index (χ2n) is 6.49. The van der Waals surface area contributed by atoms with Gasteiger partial charge in [-0.3, -0.25) is 0 Å². The topological polar surface area (TPSA) is 57.6 Å². The summed E-state index contributed by atoms with van der Waals surface area (Å²) in [7, 11) is -3.18. The average Bonchev–Trinajstić information content (AvgIpc) is 3.02. The molecule has 1 saturated heterocycles. The molecule has 18 heavy (non-hydrogen) atoms. The quantitative estimate of drug-likeness (QED) is 0.841. The molecule has 0 aromatic rings. The fourth-order valence-corrected chi connectivity index (χ4v) is 6.72. The second-order valence-corrected chi connectivity index (χ2v) is 8.41. The predicted octanol–water partition coefficient (Wildman–Crippen LogP) is 1.35. The van der Waals surface area contributed by atoms with Crippen LogP contribution >= 0.6 is 0 Å². The van der Waals surface area contributed by atoms with E-state index in [9.17, 15) is 13.5 Å². The summed E-state index contributed by atoms with van der Waals surface area (Å²) < 4.78 is 26.7. The average molecular weight is 273 g/mol. The van der Waals surface area contributed by atoms with Gasteiger partial charge in [-0.15, -0.1) is 0 Å². The second kappa shape index (κ2) is 4.46. The number of fused-ring (bicyclic) bond motifs is 2. The zero-order chi connectivity index (χ0) is 12.8. The third-order valence-corrected chi connectivity index (χ3v) is 7.44. The maximum absolute atomic E-state index is 12.6. The summed E-state index contributed by atoms with van der Waals surface area (Å²) in [5.74, 6) is 1.11. The Morgan fingerprint density at radius 3 is 2.50 bits per heavy atom. The Bertz CT molecular complexity index is 412. The zero-order valence-corrected chi connectivity index (χ0v) is 11.7. The van der Waals surface area contributed by atoms with Gasteiger partial charge in [0.05, 0.1) is 12.4 Å². The van der Waals surface area contributed by atoms with Gasteiger partial charge in [0, 0.05) is 12.6 Å². The van der Waals surface area contributed by atoms with E-state index < -0.39 is 10.0 Å². The Kier molecular flexibility index (Phi) is 3.19. The number of sulfonamides is 1. The van der Waals surface area contributed by atoms with E-state index >= 15 is 0 Å². The van der Waals surface area contributed by atoms with Crippen molar-refractivity contribution in [3.8, 4) is 0 Å². The molecule has 0 unspecified atom stereocenters. The first kappa shape index (κ1) is 12.9. The van der Waals surface area contributed by atoms with E-state index in [2.05, 4.69) is 0 Å². The zero-order valence-electron chi connectivity index (χ0n) is 10.8. The van der Waals surface area contributed by atoms with Crippen molar-refractivity contribution in [1.82, 2.24) is 4.31 Å². The summed E-state index contributed by atoms with van der Waals surface area (Å²) in [5.41, 5.74) is 0.0755. The van der Waals surface area contributed by atoms with Gasteiger partial charge in [0.2, 0.25) is 10.0 Å². The van der Waals surface area contributed by atoms with Crippen molar-refractivity contribution in [3.63, 3.8) is 0 Å². The Morgan fingerprint density at radius 2 is 1.94 bits per heavy atom. The Hall–Kier alpha value is -0.130. The van der Waals surface area contributed by atoms with Crippen molar-refractivity contribution in [3.05, 3.63) is 0 Å². The minimum atomic E-state index is -3.18. The normalized spacial score (nSPS) is 40.7. The highest BCUT2D eigenvalue weighted by Gasteiger charge is 2.49. The summed E-state index contributed by atoms with van der Waals surface area (Å²) in [6.07, 6.45) is 7.44. The Labute approximate surface area is 109 Å². The standard InChI is InChI=1S/C13H23NO3S/c15-9-12-2-1-7-14(12)18(16,17)10-13-5-3-11(8-13)4-6-13/h11-12,15H,1-10H2/t11?,12-,13?/m1/s1. The van der Waals surface area contributed by atoms with Crippen LogP contribution in [0.2, 0.25) is 0 Å². The molecule has 0 aromatic carbocycles. The van der Waals surface area contributed by atoms with Crippen LogP contribution in [0.3, 0.4) is 0 Å². The largest absolute Gasteiger partial charge is 0.395 e. The molecule has 4 nitrogen and oxygen atoms in total. The molecule has 1 heterocycles. The van der Waals surface area contributed by atoms with Crippen molar-refractivity contribution in [2.75, 3.05) is 18.9 Å². The molecule has 2 bridgehead atoms. The van der Waals surface area contributed by atoms with Gasteiger partial charge >= 0.3 is 0 Å². The SMILES string of the molecule is O=S(=O)(CC12CCC(CC1)C2)N1CCC[C@@H]1CO. The van der Waals surface area contributed by atoms with Crippen LogP contribution in [0.25, 0.3) is 0 Å². The van der Waals surface area contributed by atoms with Crippen molar-refractivity contribution < 1.29 is 13.5 Å². The molecule has 1 aliphatic heterocycles. The Morgan fingerprint density at radius 1 is 1.22 bits per heavy atom. The lowest BCUT2D eigenvalue weighted by Crippen LogP contribution is -2.42. The van der Waals surface area contributed by atoms with Crippen molar-refractivity contribution in [2.45, 2.75) is 51.0 Å². The molecule has 0 amide bonds. The van der Waals surface area contributed by atoms with Gasteiger partial charge in [-0.2, -0.15) is 4.31 Å². The first-order valence-corrected chi connectivity index (χ1v) is 8.76. The van der Waals surface area contributed by atoms with Crippen LogP contribution in [0, 0.1) is 11.3 Å². The van der Waals surface area contributed by atoms with Crippen LogP contribution in [0.5, 0.6) is 0 Å². The fourth-order valence-electron chi connectivity index (χ4n) is 4.34. The number of nitrogens with zero attached hydrogens (tertiary/aromatic N) is 1. The minimum Gasteiger partial charge on any atom is -0.395 e. The van der Waals surface area contributed by atoms with E-state index in [1.165, 1.54) is 12.8 Å². The van der Waals surface area contributed by atoms with Crippen LogP contribution in [-0.2, 0) is 10.0 Å². The summed E-state index contributed by atoms with van der Waals surface area (Å²) >= 11 is 0. The number of hydrogen-bond donors (Lipinski definition) is 1. The molecule has 0 spiro atoms. The summed E-state index contributed by atoms with van der Waals surface area (Å²) in [6.45, 7) is 0.571. The number of aliphatic hydroxyl groups is 1. The van der Waals surface area contributed by atoms with E-state index in [0.29, 0.717) is 12.3 Å². The van der Waals surface area contributed by atoms with Gasteiger partial charge in [0.1, 0.15) is 0 Å². The van der Waals surface area contributed by atoms with Gasteiger partial charge in [-0.1, -0.05) is 0 Å². The highest BCUT2D eigenvalue weighted by atomic mass is 32.2. The van der Waals surface area contributed by atoms with Crippen LogP contribution in [-0.4, -0.2) is 42.8 Å². The maximum atomic E-state index is 12.6. The van der Waals surface area contributed by atoms with Crippen LogP contribution < -0.4 is 0 Å². The van der Waals surface area contributed by atoms with Crippen LogP contribution in [0.15, 0.2) is 0 Å². The highest BCUT2D eigenvalue weighted by Crippen LogP contribution is 2.54. The molecule has 0 aromatic heterocycles. The molecule has 3 aliphatic rings. The lowest BCUT2D eigenvalue weighted by atomic mass is 9.87. The van der Waals surface area contributed by atoms with E-state index in [0.717, 1.165) is 38.0 Å². The van der Waals surface area contributed by atoms with E-state index in [1.807, 2.05) is 0 Å². The molecule has 104 valence electrons. The molecular weight excluding hydrogens is 250 g/mol. The first-order chi connectivity index (χ1) is 8.55. The summed E-state index contributed by atoms with van der Waals surface area (Å²) in [6, 6.07) is -0.162. The molecule has 2 saturated carbocycles. The summed E-state index contributed by atoms with van der Waals surface area (Å²) in [5, 5.41) is 9.28. The molecule has 3 rings (SSSR count). The highest BCUT2D eigenvalue weighted by molar-refractivity contribution is 7.89. The van der Waals surface area contributed by atoms with Crippen molar-refractivity contribution in [1.29, 1.82) is 0 Å². The minimum absolute atomic E-state index is 0.0329. The smallest absolute Gasteiger partial charge is 0.214 e. The molecule has 5 heteroatoms. The van der Waals surface area contributed by atoms with Crippen molar-refractivity contribution in [2.24, 2.45) is 11.3 Å². The maximum Gasteiger partial charge on any atom is 0.214 e. The molecular formula is C13H23NO3S. The van der Waals surface area contributed by atoms with Gasteiger partial charge in [0.15, 0.2) is 0 Å². The number of aliphatic hydroxyl groups excluding tert-OH is 1. The fraction of sp³-hybridized carbons (Fsp3) is 1.00. The van der Waals surface area contributed by atoms with Gasteiger partial charge in [0.25, 0.3) is 0 Å². The van der Waals surface area contributed by atoms with Gasteiger partial charge in [-0.05, 0) is 56.3 Å². The number of rotatable bonds is 4. The van der Waals surface area contributed by atoms with Gasteiger partial charge < -0.3 is 5.11 Å². The molecule has 1 atom stereocenters. The van der Waals surface area contributed by atoms with Gasteiger partial charge in [-0.25, -0.2) is 8.42 Å². The van der Waals surface area contributed by atoms with Crippen LogP contribution in [0.4, 0.5) is 0 Å². The summed E-state index contributed by atoms with van der Waals surface area (Å²) in [4.78, 5) is 0. The Balaban J connectivity index is 1.75. The lowest BCUT2D eigenvalue weighted by molar-refractivity contribution is 0.211. The van der Waals surface area contributed by atoms with Crippen molar-refractivity contribution >= 4 is 10.0 Å². The van der Waals surface area contributed by atoms with E-state index in [1.54, 1.807) is 4.31 Å². The monoisotopic (exact) mass is 273 g/mol. The van der Waals surface area contributed by atoms with Crippen LogP contribution in [0.1, 0.15) is 44.9 Å². The lowest BCUT2D eigenvalue weighted by Gasteiger charge is -2.30.